The normalized spacial score (nSPS) is 10.5. The van der Waals surface area contributed by atoms with E-state index < -0.39 is 0 Å². The molecule has 1 heterocycles. The van der Waals surface area contributed by atoms with E-state index in [9.17, 15) is 4.79 Å². The lowest BCUT2D eigenvalue weighted by Gasteiger charge is -2.05. The Kier molecular flexibility index (Phi) is 6.62. The van der Waals surface area contributed by atoms with Crippen LogP contribution < -0.4 is 10.1 Å². The number of anilines is 1. The van der Waals surface area contributed by atoms with Crippen molar-refractivity contribution in [3.63, 3.8) is 0 Å². The smallest absolute Gasteiger partial charge is 0.236 e. The summed E-state index contributed by atoms with van der Waals surface area (Å²) in [5, 5.41) is 12.4. The molecule has 134 valence electrons. The summed E-state index contributed by atoms with van der Waals surface area (Å²) in [6.07, 6.45) is 0.625. The molecule has 0 aliphatic rings. The highest BCUT2D eigenvalue weighted by atomic mass is 32.2. The second-order valence-electron chi connectivity index (χ2n) is 5.52. The number of carbonyl (C=O) groups excluding carboxylic acids is 1. The third-order valence-electron chi connectivity index (χ3n) is 3.59. The standard InChI is InChI=1S/C19H19N3O2S2/c1-24-16-10-6-5-9-15(16)11-18-21-22-19(26-18)20-17(23)13-25-12-14-7-3-2-4-8-14/h2-10H,11-13H2,1H3,(H,20,22,23). The maximum atomic E-state index is 12.1. The average molecular weight is 386 g/mol. The third kappa shape index (κ3) is 5.31. The quantitative estimate of drug-likeness (QED) is 0.635. The minimum absolute atomic E-state index is 0.0640. The summed E-state index contributed by atoms with van der Waals surface area (Å²) in [6, 6.07) is 17.9. The molecule has 0 saturated heterocycles. The third-order valence-corrected chi connectivity index (χ3v) is 5.43. The van der Waals surface area contributed by atoms with Gasteiger partial charge in [-0.05, 0) is 11.6 Å². The Morgan fingerprint density at radius 2 is 1.88 bits per heavy atom. The van der Waals surface area contributed by atoms with Gasteiger partial charge in [-0.2, -0.15) is 0 Å². The molecule has 7 heteroatoms. The Labute approximate surface area is 160 Å². The van der Waals surface area contributed by atoms with Gasteiger partial charge in [0.05, 0.1) is 12.9 Å². The van der Waals surface area contributed by atoms with E-state index in [-0.39, 0.29) is 5.91 Å². The fourth-order valence-corrected chi connectivity index (χ4v) is 3.95. The zero-order valence-electron chi connectivity index (χ0n) is 14.3. The van der Waals surface area contributed by atoms with Crippen LogP contribution in [0.25, 0.3) is 0 Å². The first-order valence-corrected chi connectivity index (χ1v) is 10.1. The van der Waals surface area contributed by atoms with Crippen LogP contribution in [0.2, 0.25) is 0 Å². The predicted molar refractivity (Wildman–Crippen MR) is 107 cm³/mol. The topological polar surface area (TPSA) is 64.1 Å². The first-order valence-electron chi connectivity index (χ1n) is 8.10. The summed E-state index contributed by atoms with van der Waals surface area (Å²) in [5.41, 5.74) is 2.25. The number of aromatic nitrogens is 2. The highest BCUT2D eigenvalue weighted by Crippen LogP contribution is 2.24. The number of rotatable bonds is 8. The van der Waals surface area contributed by atoms with E-state index in [1.165, 1.54) is 16.9 Å². The zero-order chi connectivity index (χ0) is 18.2. The van der Waals surface area contributed by atoms with E-state index in [0.29, 0.717) is 17.3 Å². The van der Waals surface area contributed by atoms with E-state index in [0.717, 1.165) is 22.1 Å². The van der Waals surface area contributed by atoms with Crippen LogP contribution >= 0.6 is 23.1 Å². The molecule has 1 aromatic heterocycles. The molecule has 5 nitrogen and oxygen atoms in total. The number of hydrogen-bond acceptors (Lipinski definition) is 6. The van der Waals surface area contributed by atoms with Gasteiger partial charge in [-0.25, -0.2) is 0 Å². The average Bonchev–Trinajstić information content (AvgIpc) is 3.10. The van der Waals surface area contributed by atoms with Crippen molar-refractivity contribution in [2.45, 2.75) is 12.2 Å². The van der Waals surface area contributed by atoms with Crippen LogP contribution in [0.3, 0.4) is 0 Å². The molecule has 2 aromatic carbocycles. The molecule has 3 rings (SSSR count). The zero-order valence-corrected chi connectivity index (χ0v) is 16.0. The van der Waals surface area contributed by atoms with Crippen molar-refractivity contribution in [1.29, 1.82) is 0 Å². The molecule has 0 aliphatic carbocycles. The molecule has 3 aromatic rings. The van der Waals surface area contributed by atoms with Gasteiger partial charge in [0.1, 0.15) is 10.8 Å². The second-order valence-corrected chi connectivity index (χ2v) is 7.56. The fraction of sp³-hybridized carbons (Fsp3) is 0.211. The number of para-hydroxylation sites is 1. The molecule has 0 spiro atoms. The molecule has 1 amide bonds. The van der Waals surface area contributed by atoms with Gasteiger partial charge in [0.2, 0.25) is 11.0 Å². The lowest BCUT2D eigenvalue weighted by molar-refractivity contribution is -0.113. The molecule has 26 heavy (non-hydrogen) atoms. The van der Waals surface area contributed by atoms with Crippen molar-refractivity contribution >= 4 is 34.1 Å². The van der Waals surface area contributed by atoms with E-state index in [2.05, 4.69) is 27.6 Å². The predicted octanol–water partition coefficient (Wildman–Crippen LogP) is 4.01. The van der Waals surface area contributed by atoms with Crippen LogP contribution in [0.15, 0.2) is 54.6 Å². The lowest BCUT2D eigenvalue weighted by atomic mass is 10.1. The van der Waals surface area contributed by atoms with Crippen molar-refractivity contribution in [3.8, 4) is 5.75 Å². The largest absolute Gasteiger partial charge is 0.496 e. The van der Waals surface area contributed by atoms with Crippen molar-refractivity contribution in [2.24, 2.45) is 0 Å². The molecular formula is C19H19N3O2S2. The molecule has 0 aliphatic heterocycles. The van der Waals surface area contributed by atoms with E-state index >= 15 is 0 Å². The Morgan fingerprint density at radius 1 is 1.12 bits per heavy atom. The molecule has 0 radical (unpaired) electrons. The molecule has 0 bridgehead atoms. The number of nitrogens with zero attached hydrogens (tertiary/aromatic N) is 2. The summed E-state index contributed by atoms with van der Waals surface area (Å²) in [6.45, 7) is 0. The van der Waals surface area contributed by atoms with E-state index in [4.69, 9.17) is 4.74 Å². The van der Waals surface area contributed by atoms with Crippen LogP contribution in [-0.4, -0.2) is 29.0 Å². The summed E-state index contributed by atoms with van der Waals surface area (Å²) in [7, 11) is 1.65. The molecule has 1 N–H and O–H groups in total. The number of thioether (sulfide) groups is 1. The maximum absolute atomic E-state index is 12.1. The number of ether oxygens (including phenoxy) is 1. The van der Waals surface area contributed by atoms with Gasteiger partial charge < -0.3 is 4.74 Å². The fourth-order valence-electron chi connectivity index (χ4n) is 2.38. The molecule has 0 saturated carbocycles. The van der Waals surface area contributed by atoms with Gasteiger partial charge in [-0.3, -0.25) is 10.1 Å². The number of nitrogens with one attached hydrogen (secondary N) is 1. The molecule has 0 fully saturated rings. The Balaban J connectivity index is 1.49. The monoisotopic (exact) mass is 385 g/mol. The van der Waals surface area contributed by atoms with Gasteiger partial charge in [-0.15, -0.1) is 22.0 Å². The molecule has 0 unspecified atom stereocenters. The Morgan fingerprint density at radius 3 is 2.69 bits per heavy atom. The van der Waals surface area contributed by atoms with Crippen molar-refractivity contribution < 1.29 is 9.53 Å². The first kappa shape index (κ1) is 18.4. The minimum atomic E-state index is -0.0640. The van der Waals surface area contributed by atoms with Crippen molar-refractivity contribution in [1.82, 2.24) is 10.2 Å². The number of benzene rings is 2. The first-order chi connectivity index (χ1) is 12.7. The highest BCUT2D eigenvalue weighted by Gasteiger charge is 2.11. The van der Waals surface area contributed by atoms with Gasteiger partial charge in [0, 0.05) is 17.7 Å². The van der Waals surface area contributed by atoms with Crippen molar-refractivity contribution in [2.75, 3.05) is 18.2 Å². The minimum Gasteiger partial charge on any atom is -0.496 e. The maximum Gasteiger partial charge on any atom is 0.236 e. The van der Waals surface area contributed by atoms with Gasteiger partial charge in [0.15, 0.2) is 0 Å². The summed E-state index contributed by atoms with van der Waals surface area (Å²) in [4.78, 5) is 12.1. The van der Waals surface area contributed by atoms with Crippen LogP contribution in [0, 0.1) is 0 Å². The van der Waals surface area contributed by atoms with Crippen LogP contribution in [0.1, 0.15) is 16.1 Å². The van der Waals surface area contributed by atoms with Gasteiger partial charge in [0.25, 0.3) is 0 Å². The van der Waals surface area contributed by atoms with E-state index in [1.54, 1.807) is 18.9 Å². The summed E-state index contributed by atoms with van der Waals surface area (Å²) < 4.78 is 5.35. The number of hydrogen-bond donors (Lipinski definition) is 1. The number of carbonyl (C=O) groups is 1. The Hall–Kier alpha value is -2.38. The number of amides is 1. The number of methoxy groups -OCH3 is 1. The van der Waals surface area contributed by atoms with Crippen LogP contribution in [0.4, 0.5) is 5.13 Å². The molecule has 0 atom stereocenters. The van der Waals surface area contributed by atoms with Crippen LogP contribution in [-0.2, 0) is 17.0 Å². The SMILES string of the molecule is COc1ccccc1Cc1nnc(NC(=O)CSCc2ccccc2)s1. The lowest BCUT2D eigenvalue weighted by Crippen LogP contribution is -2.13. The molecular weight excluding hydrogens is 366 g/mol. The Bertz CT molecular complexity index is 853. The highest BCUT2D eigenvalue weighted by molar-refractivity contribution is 7.99. The summed E-state index contributed by atoms with van der Waals surface area (Å²) >= 11 is 2.96. The van der Waals surface area contributed by atoms with Gasteiger partial charge in [-0.1, -0.05) is 59.9 Å². The van der Waals surface area contributed by atoms with Gasteiger partial charge >= 0.3 is 0 Å². The van der Waals surface area contributed by atoms with Crippen molar-refractivity contribution in [3.05, 3.63) is 70.7 Å². The van der Waals surface area contributed by atoms with Crippen LogP contribution in [0.5, 0.6) is 5.75 Å². The summed E-state index contributed by atoms with van der Waals surface area (Å²) in [5.74, 6) is 1.95. The van der Waals surface area contributed by atoms with E-state index in [1.807, 2.05) is 42.5 Å². The second kappa shape index (κ2) is 9.35.